The fourth-order valence-corrected chi connectivity index (χ4v) is 2.74. The van der Waals surface area contributed by atoms with Gasteiger partial charge in [-0.3, -0.25) is 9.78 Å². The zero-order chi connectivity index (χ0) is 16.4. The first kappa shape index (κ1) is 15.5. The van der Waals surface area contributed by atoms with E-state index in [0.29, 0.717) is 25.3 Å². The summed E-state index contributed by atoms with van der Waals surface area (Å²) in [5.74, 6) is 0.759. The van der Waals surface area contributed by atoms with Crippen LogP contribution in [-0.2, 0) is 6.61 Å². The number of hydrogen-bond donors (Lipinski definition) is 1. The summed E-state index contributed by atoms with van der Waals surface area (Å²) >= 11 is 0. The molecule has 5 heteroatoms. The van der Waals surface area contributed by atoms with Gasteiger partial charge < -0.3 is 14.7 Å². The normalized spacial score (nSPS) is 14.5. The molecule has 120 valence electrons. The molecule has 2 heterocycles. The lowest BCUT2D eigenvalue weighted by Gasteiger charge is -2.36. The van der Waals surface area contributed by atoms with Crippen LogP contribution in [0.1, 0.15) is 27.0 Å². The predicted octanol–water partition coefficient (Wildman–Crippen LogP) is 2.09. The fourth-order valence-electron chi connectivity index (χ4n) is 2.74. The number of benzene rings is 1. The van der Waals surface area contributed by atoms with Crippen LogP contribution in [0.15, 0.2) is 36.7 Å². The Hall–Kier alpha value is -2.40. The van der Waals surface area contributed by atoms with Crippen molar-refractivity contribution >= 4 is 5.91 Å². The topological polar surface area (TPSA) is 62.7 Å². The van der Waals surface area contributed by atoms with Gasteiger partial charge in [0, 0.05) is 36.6 Å². The molecule has 0 atom stereocenters. The highest BCUT2D eigenvalue weighted by Crippen LogP contribution is 2.27. The van der Waals surface area contributed by atoms with Gasteiger partial charge in [-0.25, -0.2) is 0 Å². The molecule has 1 amide bonds. The van der Waals surface area contributed by atoms with Crippen LogP contribution >= 0.6 is 0 Å². The second-order valence-corrected chi connectivity index (χ2v) is 5.95. The van der Waals surface area contributed by atoms with Gasteiger partial charge in [0.2, 0.25) is 0 Å². The van der Waals surface area contributed by atoms with Crippen LogP contribution in [0.5, 0.6) is 5.75 Å². The Labute approximate surface area is 135 Å². The van der Waals surface area contributed by atoms with Gasteiger partial charge in [0.1, 0.15) is 12.4 Å². The minimum absolute atomic E-state index is 0.0414. The molecule has 0 aliphatic carbocycles. The molecule has 1 fully saturated rings. The number of ether oxygens (including phenoxy) is 1. The molecular weight excluding hydrogens is 292 g/mol. The largest absolute Gasteiger partial charge is 0.488 e. The third-order valence-electron chi connectivity index (χ3n) is 3.96. The summed E-state index contributed by atoms with van der Waals surface area (Å²) in [5, 5.41) is 9.33. The van der Waals surface area contributed by atoms with Crippen molar-refractivity contribution in [1.82, 2.24) is 9.88 Å². The maximum Gasteiger partial charge on any atom is 0.254 e. The van der Waals surface area contributed by atoms with Gasteiger partial charge in [-0.05, 0) is 43.2 Å². The predicted molar refractivity (Wildman–Crippen MR) is 86.4 cm³/mol. The van der Waals surface area contributed by atoms with E-state index in [-0.39, 0.29) is 12.0 Å². The Morgan fingerprint density at radius 3 is 2.61 bits per heavy atom. The molecule has 2 aromatic rings. The van der Waals surface area contributed by atoms with Gasteiger partial charge in [0.05, 0.1) is 6.10 Å². The van der Waals surface area contributed by atoms with Crippen molar-refractivity contribution in [2.75, 3.05) is 13.1 Å². The van der Waals surface area contributed by atoms with Crippen LogP contribution < -0.4 is 4.74 Å². The van der Waals surface area contributed by atoms with Gasteiger partial charge in [0.25, 0.3) is 5.91 Å². The van der Waals surface area contributed by atoms with E-state index in [1.165, 1.54) is 0 Å². The maximum absolute atomic E-state index is 12.3. The quantitative estimate of drug-likeness (QED) is 0.939. The molecule has 5 nitrogen and oxygen atoms in total. The van der Waals surface area contributed by atoms with Crippen molar-refractivity contribution in [2.24, 2.45) is 0 Å². The van der Waals surface area contributed by atoms with E-state index in [2.05, 4.69) is 4.98 Å². The smallest absolute Gasteiger partial charge is 0.254 e. The van der Waals surface area contributed by atoms with E-state index in [4.69, 9.17) is 4.74 Å². The highest BCUT2D eigenvalue weighted by Gasteiger charge is 2.29. The van der Waals surface area contributed by atoms with E-state index < -0.39 is 0 Å². The highest BCUT2D eigenvalue weighted by atomic mass is 16.5. The lowest BCUT2D eigenvalue weighted by atomic mass is 10.0. The lowest BCUT2D eigenvalue weighted by Crippen LogP contribution is -2.53. The Kier molecular flexibility index (Phi) is 4.30. The standard InChI is InChI=1S/C18H20N2O3/c1-12-6-15(18(22)20-9-16(21)10-20)7-13(2)17(12)23-11-14-4-3-5-19-8-14/h3-8,16,21H,9-11H2,1-2H3. The van der Waals surface area contributed by atoms with Crippen LogP contribution in [0.4, 0.5) is 0 Å². The summed E-state index contributed by atoms with van der Waals surface area (Å²) in [4.78, 5) is 18.1. The molecule has 1 aliphatic rings. The minimum atomic E-state index is -0.386. The summed E-state index contributed by atoms with van der Waals surface area (Å²) in [6.07, 6.45) is 3.12. The van der Waals surface area contributed by atoms with Crippen LogP contribution in [0.2, 0.25) is 0 Å². The molecule has 1 aromatic carbocycles. The number of aliphatic hydroxyl groups is 1. The molecule has 3 rings (SSSR count). The molecule has 0 spiro atoms. The van der Waals surface area contributed by atoms with Crippen molar-refractivity contribution < 1.29 is 14.6 Å². The van der Waals surface area contributed by atoms with E-state index >= 15 is 0 Å². The fraction of sp³-hybridized carbons (Fsp3) is 0.333. The Morgan fingerprint density at radius 2 is 2.04 bits per heavy atom. The van der Waals surface area contributed by atoms with Crippen molar-refractivity contribution in [1.29, 1.82) is 0 Å². The van der Waals surface area contributed by atoms with Crippen LogP contribution in [0.3, 0.4) is 0 Å². The zero-order valence-corrected chi connectivity index (χ0v) is 13.3. The van der Waals surface area contributed by atoms with Gasteiger partial charge in [-0.15, -0.1) is 0 Å². The lowest BCUT2D eigenvalue weighted by molar-refractivity contribution is 0.00588. The molecule has 1 saturated heterocycles. The number of rotatable bonds is 4. The van der Waals surface area contributed by atoms with Gasteiger partial charge in [0.15, 0.2) is 0 Å². The first-order valence-electron chi connectivity index (χ1n) is 7.65. The number of hydrogen-bond acceptors (Lipinski definition) is 4. The SMILES string of the molecule is Cc1cc(C(=O)N2CC(O)C2)cc(C)c1OCc1cccnc1. The molecule has 0 bridgehead atoms. The van der Waals surface area contributed by atoms with E-state index in [1.807, 2.05) is 38.1 Å². The highest BCUT2D eigenvalue weighted by molar-refractivity contribution is 5.95. The summed E-state index contributed by atoms with van der Waals surface area (Å²) in [6, 6.07) is 7.53. The summed E-state index contributed by atoms with van der Waals surface area (Å²) in [6.45, 7) is 5.15. The van der Waals surface area contributed by atoms with Gasteiger partial charge in [-0.1, -0.05) is 6.07 Å². The number of β-amino-alcohol motifs (C(OH)–C–C–N with tert-alkyl or cyclic N) is 1. The third-order valence-corrected chi connectivity index (χ3v) is 3.96. The first-order chi connectivity index (χ1) is 11.0. The Morgan fingerprint density at radius 1 is 1.35 bits per heavy atom. The number of amides is 1. The average Bonchev–Trinajstić information content (AvgIpc) is 2.51. The summed E-state index contributed by atoms with van der Waals surface area (Å²) in [5.41, 5.74) is 3.50. The molecule has 1 N–H and O–H groups in total. The number of aryl methyl sites for hydroxylation is 2. The van der Waals surface area contributed by atoms with Crippen LogP contribution in [-0.4, -0.2) is 40.1 Å². The Bertz CT molecular complexity index is 686. The molecule has 0 saturated carbocycles. The van der Waals surface area contributed by atoms with E-state index in [9.17, 15) is 9.90 Å². The summed E-state index contributed by atoms with van der Waals surface area (Å²) in [7, 11) is 0. The third kappa shape index (κ3) is 3.35. The van der Waals surface area contributed by atoms with Crippen LogP contribution in [0, 0.1) is 13.8 Å². The number of aromatic nitrogens is 1. The monoisotopic (exact) mass is 312 g/mol. The number of aliphatic hydroxyl groups excluding tert-OH is 1. The van der Waals surface area contributed by atoms with Crippen molar-refractivity contribution in [3.05, 3.63) is 58.9 Å². The van der Waals surface area contributed by atoms with E-state index in [0.717, 1.165) is 22.4 Å². The number of pyridine rings is 1. The number of nitrogens with zero attached hydrogens (tertiary/aromatic N) is 2. The molecule has 1 aromatic heterocycles. The number of likely N-dealkylation sites (tertiary alicyclic amines) is 1. The molecule has 0 radical (unpaired) electrons. The molecule has 0 unspecified atom stereocenters. The maximum atomic E-state index is 12.3. The van der Waals surface area contributed by atoms with Crippen molar-refractivity contribution in [3.63, 3.8) is 0 Å². The van der Waals surface area contributed by atoms with Crippen LogP contribution in [0.25, 0.3) is 0 Å². The second-order valence-electron chi connectivity index (χ2n) is 5.95. The molecule has 1 aliphatic heterocycles. The zero-order valence-electron chi connectivity index (χ0n) is 13.3. The second kappa shape index (κ2) is 6.38. The number of carbonyl (C=O) groups excluding carboxylic acids is 1. The minimum Gasteiger partial charge on any atom is -0.488 e. The van der Waals surface area contributed by atoms with Gasteiger partial charge >= 0.3 is 0 Å². The van der Waals surface area contributed by atoms with Gasteiger partial charge in [-0.2, -0.15) is 0 Å². The van der Waals surface area contributed by atoms with Crippen molar-refractivity contribution in [3.8, 4) is 5.75 Å². The molecular formula is C18H20N2O3. The average molecular weight is 312 g/mol. The molecule has 23 heavy (non-hydrogen) atoms. The first-order valence-corrected chi connectivity index (χ1v) is 7.65. The summed E-state index contributed by atoms with van der Waals surface area (Å²) < 4.78 is 5.90. The Balaban J connectivity index is 1.74. The van der Waals surface area contributed by atoms with E-state index in [1.54, 1.807) is 17.3 Å². The number of carbonyl (C=O) groups is 1. The van der Waals surface area contributed by atoms with Crippen molar-refractivity contribution in [2.45, 2.75) is 26.6 Å².